The SMILES string of the molecule is C=C(Cl)CNC(=O)C(OC)c1ccccc1. The first kappa shape index (κ1) is 12.7. The van der Waals surface area contributed by atoms with Crippen LogP contribution in [0.3, 0.4) is 0 Å². The summed E-state index contributed by atoms with van der Waals surface area (Å²) in [5, 5.41) is 3.02. The molecule has 0 aliphatic heterocycles. The first-order valence-electron chi connectivity index (χ1n) is 4.84. The third-order valence-corrected chi connectivity index (χ3v) is 2.16. The van der Waals surface area contributed by atoms with Crippen LogP contribution in [-0.4, -0.2) is 19.6 Å². The molecule has 0 aliphatic rings. The van der Waals surface area contributed by atoms with Gasteiger partial charge in [0.05, 0.1) is 6.54 Å². The number of halogens is 1. The van der Waals surface area contributed by atoms with Crippen molar-refractivity contribution in [2.75, 3.05) is 13.7 Å². The summed E-state index contributed by atoms with van der Waals surface area (Å²) in [5.74, 6) is -0.226. The number of benzene rings is 1. The van der Waals surface area contributed by atoms with Gasteiger partial charge < -0.3 is 10.1 Å². The largest absolute Gasteiger partial charge is 0.367 e. The van der Waals surface area contributed by atoms with E-state index >= 15 is 0 Å². The van der Waals surface area contributed by atoms with Gasteiger partial charge in [0.1, 0.15) is 0 Å². The summed E-state index contributed by atoms with van der Waals surface area (Å²) in [6, 6.07) is 9.27. The summed E-state index contributed by atoms with van der Waals surface area (Å²) in [5.41, 5.74) is 0.808. The van der Waals surface area contributed by atoms with Crippen LogP contribution in [0, 0.1) is 0 Å². The topological polar surface area (TPSA) is 38.3 Å². The molecular formula is C12H14ClNO2. The van der Waals surface area contributed by atoms with E-state index < -0.39 is 6.10 Å². The molecule has 1 aromatic carbocycles. The van der Waals surface area contributed by atoms with E-state index in [0.29, 0.717) is 5.03 Å². The predicted molar refractivity (Wildman–Crippen MR) is 64.2 cm³/mol. The van der Waals surface area contributed by atoms with Gasteiger partial charge in [-0.05, 0) is 5.56 Å². The van der Waals surface area contributed by atoms with Crippen molar-refractivity contribution < 1.29 is 9.53 Å². The molecule has 4 heteroatoms. The zero-order chi connectivity index (χ0) is 12.0. The van der Waals surface area contributed by atoms with Crippen molar-refractivity contribution in [2.45, 2.75) is 6.10 Å². The molecule has 1 amide bonds. The number of carbonyl (C=O) groups is 1. The Morgan fingerprint density at radius 1 is 1.50 bits per heavy atom. The van der Waals surface area contributed by atoms with Crippen LogP contribution in [0.1, 0.15) is 11.7 Å². The molecular weight excluding hydrogens is 226 g/mol. The number of hydrogen-bond acceptors (Lipinski definition) is 2. The molecule has 0 fully saturated rings. The number of rotatable bonds is 5. The maximum Gasteiger partial charge on any atom is 0.254 e. The van der Waals surface area contributed by atoms with Crippen LogP contribution in [0.15, 0.2) is 41.9 Å². The van der Waals surface area contributed by atoms with Crippen LogP contribution in [0.2, 0.25) is 0 Å². The van der Waals surface area contributed by atoms with Gasteiger partial charge in [-0.15, -0.1) is 0 Å². The molecule has 0 heterocycles. The first-order chi connectivity index (χ1) is 7.65. The highest BCUT2D eigenvalue weighted by atomic mass is 35.5. The molecule has 0 saturated heterocycles. The molecule has 1 rings (SSSR count). The molecule has 86 valence electrons. The van der Waals surface area contributed by atoms with E-state index in [1.807, 2.05) is 30.3 Å². The van der Waals surface area contributed by atoms with Crippen LogP contribution < -0.4 is 5.32 Å². The molecule has 0 saturated carbocycles. The van der Waals surface area contributed by atoms with Crippen molar-refractivity contribution in [2.24, 2.45) is 0 Å². The van der Waals surface area contributed by atoms with Crippen LogP contribution in [0.4, 0.5) is 0 Å². The molecule has 0 spiro atoms. The monoisotopic (exact) mass is 239 g/mol. The molecule has 1 aromatic rings. The van der Waals surface area contributed by atoms with Gasteiger partial charge >= 0.3 is 0 Å². The second kappa shape index (κ2) is 6.30. The lowest BCUT2D eigenvalue weighted by Crippen LogP contribution is -2.31. The fraction of sp³-hybridized carbons (Fsp3) is 0.250. The van der Waals surface area contributed by atoms with Crippen molar-refractivity contribution >= 4 is 17.5 Å². The van der Waals surface area contributed by atoms with Gasteiger partial charge in [-0.2, -0.15) is 0 Å². The molecule has 0 aliphatic carbocycles. The van der Waals surface area contributed by atoms with E-state index in [0.717, 1.165) is 5.56 Å². The third-order valence-electron chi connectivity index (χ3n) is 2.03. The van der Waals surface area contributed by atoms with Gasteiger partial charge in [0, 0.05) is 12.1 Å². The number of carbonyl (C=O) groups excluding carboxylic acids is 1. The van der Waals surface area contributed by atoms with Crippen molar-refractivity contribution in [3.63, 3.8) is 0 Å². The summed E-state index contributed by atoms with van der Waals surface area (Å²) in [7, 11) is 1.49. The zero-order valence-electron chi connectivity index (χ0n) is 9.07. The lowest BCUT2D eigenvalue weighted by molar-refractivity contribution is -0.131. The maximum absolute atomic E-state index is 11.7. The second-order valence-electron chi connectivity index (χ2n) is 3.26. The average molecular weight is 240 g/mol. The van der Waals surface area contributed by atoms with Crippen LogP contribution in [-0.2, 0) is 9.53 Å². The summed E-state index contributed by atoms with van der Waals surface area (Å²) in [6.07, 6.45) is -0.614. The van der Waals surface area contributed by atoms with E-state index in [9.17, 15) is 4.79 Å². The minimum Gasteiger partial charge on any atom is -0.367 e. The number of methoxy groups -OCH3 is 1. The van der Waals surface area contributed by atoms with E-state index in [-0.39, 0.29) is 12.5 Å². The Balaban J connectivity index is 2.68. The Labute approximate surface area is 100 Å². The molecule has 0 radical (unpaired) electrons. The van der Waals surface area contributed by atoms with Gasteiger partial charge in [-0.3, -0.25) is 4.79 Å². The number of amides is 1. The molecule has 1 unspecified atom stereocenters. The average Bonchev–Trinajstić information content (AvgIpc) is 2.29. The number of hydrogen-bond donors (Lipinski definition) is 1. The van der Waals surface area contributed by atoms with E-state index in [1.165, 1.54) is 7.11 Å². The Morgan fingerprint density at radius 2 is 2.12 bits per heavy atom. The van der Waals surface area contributed by atoms with Crippen molar-refractivity contribution in [1.29, 1.82) is 0 Å². The van der Waals surface area contributed by atoms with Crippen LogP contribution in [0.25, 0.3) is 0 Å². The molecule has 1 N–H and O–H groups in total. The van der Waals surface area contributed by atoms with Gasteiger partial charge in [0.2, 0.25) is 0 Å². The minimum absolute atomic E-state index is 0.226. The van der Waals surface area contributed by atoms with E-state index in [4.69, 9.17) is 16.3 Å². The summed E-state index contributed by atoms with van der Waals surface area (Å²) in [4.78, 5) is 11.7. The highest BCUT2D eigenvalue weighted by molar-refractivity contribution is 6.29. The fourth-order valence-electron chi connectivity index (χ4n) is 1.30. The molecule has 1 atom stereocenters. The summed E-state index contributed by atoms with van der Waals surface area (Å²) < 4.78 is 5.15. The smallest absolute Gasteiger partial charge is 0.254 e. The lowest BCUT2D eigenvalue weighted by Gasteiger charge is -2.15. The Hall–Kier alpha value is -1.32. The quantitative estimate of drug-likeness (QED) is 0.856. The number of nitrogens with one attached hydrogen (secondary N) is 1. The van der Waals surface area contributed by atoms with E-state index in [2.05, 4.69) is 11.9 Å². The maximum atomic E-state index is 11.7. The van der Waals surface area contributed by atoms with E-state index in [1.54, 1.807) is 0 Å². The van der Waals surface area contributed by atoms with Gasteiger partial charge in [0.25, 0.3) is 5.91 Å². The molecule has 16 heavy (non-hydrogen) atoms. The van der Waals surface area contributed by atoms with Crippen LogP contribution in [0.5, 0.6) is 0 Å². The van der Waals surface area contributed by atoms with Crippen molar-refractivity contribution in [3.8, 4) is 0 Å². The lowest BCUT2D eigenvalue weighted by atomic mass is 10.1. The normalized spacial score (nSPS) is 11.9. The van der Waals surface area contributed by atoms with Crippen molar-refractivity contribution in [1.82, 2.24) is 5.32 Å². The molecule has 0 bridgehead atoms. The highest BCUT2D eigenvalue weighted by Crippen LogP contribution is 2.16. The second-order valence-corrected chi connectivity index (χ2v) is 3.80. The minimum atomic E-state index is -0.614. The zero-order valence-corrected chi connectivity index (χ0v) is 9.83. The molecule has 0 aromatic heterocycles. The molecule has 3 nitrogen and oxygen atoms in total. The first-order valence-corrected chi connectivity index (χ1v) is 5.21. The van der Waals surface area contributed by atoms with Gasteiger partial charge in [0.15, 0.2) is 6.10 Å². The summed E-state index contributed by atoms with van der Waals surface area (Å²) >= 11 is 5.57. The predicted octanol–water partition coefficient (Wildman–Crippen LogP) is 2.24. The van der Waals surface area contributed by atoms with Crippen LogP contribution >= 0.6 is 11.6 Å². The van der Waals surface area contributed by atoms with Gasteiger partial charge in [-0.25, -0.2) is 0 Å². The Bertz CT molecular complexity index is 365. The van der Waals surface area contributed by atoms with Crippen molar-refractivity contribution in [3.05, 3.63) is 47.5 Å². The number of ether oxygens (including phenoxy) is 1. The highest BCUT2D eigenvalue weighted by Gasteiger charge is 2.18. The standard InChI is InChI=1S/C12H14ClNO2/c1-9(13)8-14-12(15)11(16-2)10-6-4-3-5-7-10/h3-7,11H,1,8H2,2H3,(H,14,15). The summed E-state index contributed by atoms with van der Waals surface area (Å²) in [6.45, 7) is 3.74. The Morgan fingerprint density at radius 3 is 2.62 bits per heavy atom. The fourth-order valence-corrected chi connectivity index (χ4v) is 1.36. The van der Waals surface area contributed by atoms with Gasteiger partial charge in [-0.1, -0.05) is 48.5 Å². The third kappa shape index (κ3) is 3.68. The Kier molecular flexibility index (Phi) is 5.02.